The van der Waals surface area contributed by atoms with Gasteiger partial charge in [0.15, 0.2) is 5.82 Å². The van der Waals surface area contributed by atoms with Gasteiger partial charge < -0.3 is 0 Å². The fourth-order valence-electron chi connectivity index (χ4n) is 2.06. The fraction of sp³-hybridized carbons (Fsp3) is 0.0625. The highest BCUT2D eigenvalue weighted by Crippen LogP contribution is 2.25. The van der Waals surface area contributed by atoms with Crippen molar-refractivity contribution in [1.29, 1.82) is 0 Å². The summed E-state index contributed by atoms with van der Waals surface area (Å²) in [5.74, 6) is 0.771. The first-order valence-electron chi connectivity index (χ1n) is 6.13. The summed E-state index contributed by atoms with van der Waals surface area (Å²) in [6, 6.07) is 21.9. The van der Waals surface area contributed by atoms with Crippen molar-refractivity contribution in [3.8, 4) is 0 Å². The van der Waals surface area contributed by atoms with Crippen LogP contribution in [0.4, 0.5) is 11.5 Å². The van der Waals surface area contributed by atoms with E-state index < -0.39 is 0 Å². The van der Waals surface area contributed by atoms with Gasteiger partial charge >= 0.3 is 0 Å². The average Bonchev–Trinajstić information content (AvgIpc) is 2.49. The fourth-order valence-corrected chi connectivity index (χ4v) is 2.06. The molecule has 2 aromatic carbocycles. The number of aromatic nitrogens is 1. The molecule has 0 aliphatic carbocycles. The van der Waals surface area contributed by atoms with Crippen molar-refractivity contribution in [2.24, 2.45) is 0 Å². The Kier molecular flexibility index (Phi) is 3.12. The molecule has 0 spiro atoms. The van der Waals surface area contributed by atoms with Crippen LogP contribution in [0.3, 0.4) is 0 Å². The minimum absolute atomic E-state index is 0.771. The highest BCUT2D eigenvalue weighted by Gasteiger charge is 2.10. The number of nitrogens with zero attached hydrogens (tertiary/aromatic N) is 2. The topological polar surface area (TPSA) is 25.4 Å². The Morgan fingerprint density at radius 2 is 1.58 bits per heavy atom. The Morgan fingerprint density at radius 1 is 0.842 bits per heavy atom. The van der Waals surface area contributed by atoms with Crippen LogP contribution in [0.1, 0.15) is 0 Å². The predicted molar refractivity (Wildman–Crippen MR) is 77.3 cm³/mol. The lowest BCUT2D eigenvalue weighted by molar-refractivity contribution is 0.199. The summed E-state index contributed by atoms with van der Waals surface area (Å²) in [5.41, 5.74) is 1.91. The van der Waals surface area contributed by atoms with Gasteiger partial charge in [-0.2, -0.15) is 0 Å². The van der Waals surface area contributed by atoms with Crippen LogP contribution < -0.4 is 5.06 Å². The zero-order valence-electron chi connectivity index (χ0n) is 10.7. The SMILES string of the molecule is CON(c1ccccc1)c1ccc2ccccc2n1. The summed E-state index contributed by atoms with van der Waals surface area (Å²) < 4.78 is 0. The van der Waals surface area contributed by atoms with Gasteiger partial charge in [-0.25, -0.2) is 10.0 Å². The lowest BCUT2D eigenvalue weighted by Gasteiger charge is -2.20. The number of hydrogen-bond acceptors (Lipinski definition) is 3. The Bertz CT molecular complexity index is 682. The van der Waals surface area contributed by atoms with Crippen LogP contribution in [-0.4, -0.2) is 12.1 Å². The molecule has 0 N–H and O–H groups in total. The predicted octanol–water partition coefficient (Wildman–Crippen LogP) is 3.93. The van der Waals surface area contributed by atoms with E-state index >= 15 is 0 Å². The quantitative estimate of drug-likeness (QED) is 0.658. The molecule has 3 rings (SSSR count). The molecule has 94 valence electrons. The van der Waals surface area contributed by atoms with E-state index in [2.05, 4.69) is 4.98 Å². The van der Waals surface area contributed by atoms with E-state index in [9.17, 15) is 0 Å². The number of benzene rings is 2. The summed E-state index contributed by atoms with van der Waals surface area (Å²) in [5, 5.41) is 2.84. The first-order valence-corrected chi connectivity index (χ1v) is 6.13. The van der Waals surface area contributed by atoms with E-state index in [0.29, 0.717) is 0 Å². The van der Waals surface area contributed by atoms with Gasteiger partial charge in [0.25, 0.3) is 0 Å². The lowest BCUT2D eigenvalue weighted by atomic mass is 10.2. The second-order valence-corrected chi connectivity index (χ2v) is 4.17. The van der Waals surface area contributed by atoms with Crippen LogP contribution in [0.2, 0.25) is 0 Å². The van der Waals surface area contributed by atoms with E-state index in [4.69, 9.17) is 4.84 Å². The summed E-state index contributed by atoms with van der Waals surface area (Å²) in [6.45, 7) is 0. The van der Waals surface area contributed by atoms with Crippen molar-refractivity contribution < 1.29 is 4.84 Å². The maximum Gasteiger partial charge on any atom is 0.158 e. The molecule has 0 amide bonds. The van der Waals surface area contributed by atoms with Crippen molar-refractivity contribution >= 4 is 22.4 Å². The van der Waals surface area contributed by atoms with E-state index in [1.165, 1.54) is 0 Å². The monoisotopic (exact) mass is 250 g/mol. The van der Waals surface area contributed by atoms with E-state index in [-0.39, 0.29) is 0 Å². The van der Waals surface area contributed by atoms with E-state index in [0.717, 1.165) is 22.4 Å². The van der Waals surface area contributed by atoms with Crippen molar-refractivity contribution in [3.05, 3.63) is 66.7 Å². The van der Waals surface area contributed by atoms with Gasteiger partial charge in [-0.15, -0.1) is 0 Å². The van der Waals surface area contributed by atoms with Gasteiger partial charge in [-0.05, 0) is 30.3 Å². The molecule has 3 aromatic rings. The number of fused-ring (bicyclic) bond motifs is 1. The smallest absolute Gasteiger partial charge is 0.158 e. The molecule has 0 aliphatic rings. The van der Waals surface area contributed by atoms with Crippen LogP contribution in [0.25, 0.3) is 10.9 Å². The normalized spacial score (nSPS) is 10.6. The van der Waals surface area contributed by atoms with Crippen LogP contribution in [0, 0.1) is 0 Å². The lowest BCUT2D eigenvalue weighted by Crippen LogP contribution is -2.16. The molecule has 1 heterocycles. The van der Waals surface area contributed by atoms with Crippen molar-refractivity contribution in [3.63, 3.8) is 0 Å². The largest absolute Gasteiger partial charge is 0.270 e. The molecular formula is C16H14N2O. The minimum atomic E-state index is 0.771. The molecule has 1 aromatic heterocycles. The number of anilines is 2. The zero-order valence-corrected chi connectivity index (χ0v) is 10.7. The zero-order chi connectivity index (χ0) is 13.1. The van der Waals surface area contributed by atoms with Crippen molar-refractivity contribution in [2.75, 3.05) is 12.2 Å². The minimum Gasteiger partial charge on any atom is -0.270 e. The Labute approximate surface area is 112 Å². The Morgan fingerprint density at radius 3 is 2.37 bits per heavy atom. The number of para-hydroxylation sites is 2. The third-order valence-electron chi connectivity index (χ3n) is 2.97. The maximum absolute atomic E-state index is 5.44. The molecule has 19 heavy (non-hydrogen) atoms. The third kappa shape index (κ3) is 2.28. The molecule has 0 saturated carbocycles. The van der Waals surface area contributed by atoms with Gasteiger partial charge in [-0.1, -0.05) is 36.4 Å². The van der Waals surface area contributed by atoms with Gasteiger partial charge in [0.05, 0.1) is 18.3 Å². The average molecular weight is 250 g/mol. The maximum atomic E-state index is 5.44. The molecule has 0 unspecified atom stereocenters. The molecule has 3 heteroatoms. The second-order valence-electron chi connectivity index (χ2n) is 4.17. The molecule has 0 atom stereocenters. The van der Waals surface area contributed by atoms with Crippen molar-refractivity contribution in [2.45, 2.75) is 0 Å². The standard InChI is InChI=1S/C16H14N2O/c1-19-18(14-8-3-2-4-9-14)16-12-11-13-7-5-6-10-15(13)17-16/h2-12H,1H3. The summed E-state index contributed by atoms with van der Waals surface area (Å²) >= 11 is 0. The molecule has 0 saturated heterocycles. The number of hydrogen-bond donors (Lipinski definition) is 0. The number of rotatable bonds is 3. The Hall–Kier alpha value is -2.39. The molecule has 0 aliphatic heterocycles. The first-order chi connectivity index (χ1) is 9.38. The van der Waals surface area contributed by atoms with E-state index in [1.54, 1.807) is 12.2 Å². The molecule has 0 fully saturated rings. The van der Waals surface area contributed by atoms with Crippen LogP contribution in [0.5, 0.6) is 0 Å². The molecule has 3 nitrogen and oxygen atoms in total. The molecular weight excluding hydrogens is 236 g/mol. The van der Waals surface area contributed by atoms with Gasteiger partial charge in [0.1, 0.15) is 0 Å². The molecule has 0 radical (unpaired) electrons. The summed E-state index contributed by atoms with van der Waals surface area (Å²) in [7, 11) is 1.64. The highest BCUT2D eigenvalue weighted by atomic mass is 16.7. The summed E-state index contributed by atoms with van der Waals surface area (Å²) in [6.07, 6.45) is 0. The third-order valence-corrected chi connectivity index (χ3v) is 2.97. The van der Waals surface area contributed by atoms with Gasteiger partial charge in [0.2, 0.25) is 0 Å². The Balaban J connectivity index is 2.06. The van der Waals surface area contributed by atoms with Crippen LogP contribution in [-0.2, 0) is 4.84 Å². The number of pyridine rings is 1. The molecule has 0 bridgehead atoms. The highest BCUT2D eigenvalue weighted by molar-refractivity contribution is 5.80. The van der Waals surface area contributed by atoms with Gasteiger partial charge in [0, 0.05) is 5.39 Å². The van der Waals surface area contributed by atoms with Crippen LogP contribution in [0.15, 0.2) is 66.7 Å². The first kappa shape index (κ1) is 11.7. The second kappa shape index (κ2) is 5.08. The van der Waals surface area contributed by atoms with E-state index in [1.807, 2.05) is 66.7 Å². The van der Waals surface area contributed by atoms with Gasteiger partial charge in [-0.3, -0.25) is 4.84 Å². The van der Waals surface area contributed by atoms with Crippen molar-refractivity contribution in [1.82, 2.24) is 4.98 Å². The van der Waals surface area contributed by atoms with Crippen LogP contribution >= 0.6 is 0 Å². The summed E-state index contributed by atoms with van der Waals surface area (Å²) in [4.78, 5) is 10.1.